The Bertz CT molecular complexity index is 233. The summed E-state index contributed by atoms with van der Waals surface area (Å²) in [5.41, 5.74) is 0. The largest absolute Gasteiger partial charge is 0.313 e. The van der Waals surface area contributed by atoms with Gasteiger partial charge in [-0.15, -0.1) is 0 Å². The van der Waals surface area contributed by atoms with E-state index in [9.17, 15) is 0 Å². The van der Waals surface area contributed by atoms with Crippen LogP contribution in [0.1, 0.15) is 59.3 Å². The van der Waals surface area contributed by atoms with Crippen molar-refractivity contribution in [2.45, 2.75) is 71.4 Å². The Morgan fingerprint density at radius 3 is 2.50 bits per heavy atom. The molecule has 0 aromatic heterocycles. The van der Waals surface area contributed by atoms with E-state index in [4.69, 9.17) is 0 Å². The Hall–Kier alpha value is -0.0800. The van der Waals surface area contributed by atoms with Crippen LogP contribution in [0.2, 0.25) is 0 Å². The molecule has 2 nitrogen and oxygen atoms in total. The molecule has 2 rings (SSSR count). The zero-order chi connectivity index (χ0) is 13.0. The van der Waals surface area contributed by atoms with Crippen LogP contribution in [0.5, 0.6) is 0 Å². The second-order valence-electron chi connectivity index (χ2n) is 6.97. The standard InChI is InChI=1S/C16H32N2/c1-13(2)11-18(12-15-8-6-10-17-15)16-9-5-4-7-14(16)3/h13-17H,4-12H2,1-3H3. The fourth-order valence-electron chi connectivity index (χ4n) is 3.85. The van der Waals surface area contributed by atoms with E-state index in [1.54, 1.807) is 0 Å². The molecule has 2 fully saturated rings. The normalized spacial score (nSPS) is 33.5. The van der Waals surface area contributed by atoms with Crippen molar-refractivity contribution in [2.24, 2.45) is 11.8 Å². The number of hydrogen-bond donors (Lipinski definition) is 1. The van der Waals surface area contributed by atoms with E-state index in [-0.39, 0.29) is 0 Å². The minimum Gasteiger partial charge on any atom is -0.313 e. The fraction of sp³-hybridized carbons (Fsp3) is 1.00. The topological polar surface area (TPSA) is 15.3 Å². The monoisotopic (exact) mass is 252 g/mol. The van der Waals surface area contributed by atoms with Gasteiger partial charge in [0.2, 0.25) is 0 Å². The van der Waals surface area contributed by atoms with E-state index in [0.717, 1.165) is 23.9 Å². The number of nitrogens with one attached hydrogen (secondary N) is 1. The van der Waals surface area contributed by atoms with Gasteiger partial charge in [0.05, 0.1) is 0 Å². The lowest BCUT2D eigenvalue weighted by Crippen LogP contribution is -2.48. The molecule has 0 bridgehead atoms. The first-order chi connectivity index (χ1) is 8.66. The second kappa shape index (κ2) is 6.91. The highest BCUT2D eigenvalue weighted by molar-refractivity contribution is 4.86. The lowest BCUT2D eigenvalue weighted by Gasteiger charge is -2.40. The maximum Gasteiger partial charge on any atom is 0.0195 e. The maximum atomic E-state index is 3.67. The molecular formula is C16H32N2. The summed E-state index contributed by atoms with van der Waals surface area (Å²) in [5.74, 6) is 1.69. The molecule has 0 amide bonds. The van der Waals surface area contributed by atoms with Gasteiger partial charge in [-0.05, 0) is 44.1 Å². The predicted octanol–water partition coefficient (Wildman–Crippen LogP) is 3.28. The van der Waals surface area contributed by atoms with Gasteiger partial charge in [0.1, 0.15) is 0 Å². The van der Waals surface area contributed by atoms with E-state index in [2.05, 4.69) is 31.0 Å². The smallest absolute Gasteiger partial charge is 0.0195 e. The zero-order valence-electron chi connectivity index (χ0n) is 12.6. The third kappa shape index (κ3) is 3.96. The van der Waals surface area contributed by atoms with Crippen LogP contribution in [0, 0.1) is 11.8 Å². The first-order valence-corrected chi connectivity index (χ1v) is 8.14. The molecular weight excluding hydrogens is 220 g/mol. The summed E-state index contributed by atoms with van der Waals surface area (Å²) in [5, 5.41) is 3.67. The van der Waals surface area contributed by atoms with Crippen LogP contribution in [-0.4, -0.2) is 36.6 Å². The van der Waals surface area contributed by atoms with Crippen molar-refractivity contribution in [2.75, 3.05) is 19.6 Å². The van der Waals surface area contributed by atoms with E-state index < -0.39 is 0 Å². The third-order valence-electron chi connectivity index (χ3n) is 4.75. The van der Waals surface area contributed by atoms with Crippen LogP contribution in [0.4, 0.5) is 0 Å². The number of hydrogen-bond acceptors (Lipinski definition) is 2. The molecule has 3 atom stereocenters. The molecule has 1 saturated carbocycles. The van der Waals surface area contributed by atoms with Crippen LogP contribution in [0.25, 0.3) is 0 Å². The summed E-state index contributed by atoms with van der Waals surface area (Å²) in [4.78, 5) is 2.82. The molecule has 18 heavy (non-hydrogen) atoms. The highest BCUT2D eigenvalue weighted by Crippen LogP contribution is 2.29. The molecule has 1 N–H and O–H groups in total. The Morgan fingerprint density at radius 1 is 1.11 bits per heavy atom. The Kier molecular flexibility index (Phi) is 5.50. The first-order valence-electron chi connectivity index (χ1n) is 8.14. The summed E-state index contributed by atoms with van der Waals surface area (Å²) >= 11 is 0. The number of nitrogens with zero attached hydrogens (tertiary/aromatic N) is 1. The van der Waals surface area contributed by atoms with Crippen molar-refractivity contribution in [1.29, 1.82) is 0 Å². The molecule has 0 aromatic rings. The summed E-state index contributed by atoms with van der Waals surface area (Å²) in [6.07, 6.45) is 8.53. The van der Waals surface area contributed by atoms with Gasteiger partial charge in [0.15, 0.2) is 0 Å². The van der Waals surface area contributed by atoms with Gasteiger partial charge < -0.3 is 5.32 Å². The molecule has 1 heterocycles. The molecule has 0 aromatic carbocycles. The van der Waals surface area contributed by atoms with Gasteiger partial charge in [-0.3, -0.25) is 4.90 Å². The molecule has 2 aliphatic rings. The van der Waals surface area contributed by atoms with Crippen molar-refractivity contribution < 1.29 is 0 Å². The van der Waals surface area contributed by atoms with Crippen molar-refractivity contribution in [1.82, 2.24) is 10.2 Å². The molecule has 1 aliphatic carbocycles. The Labute approximate surface area is 114 Å². The van der Waals surface area contributed by atoms with E-state index in [1.807, 2.05) is 0 Å². The predicted molar refractivity (Wildman–Crippen MR) is 78.9 cm³/mol. The summed E-state index contributed by atoms with van der Waals surface area (Å²) in [7, 11) is 0. The summed E-state index contributed by atoms with van der Waals surface area (Å²) < 4.78 is 0. The SMILES string of the molecule is CC(C)CN(CC1CCCN1)C1CCCCC1C. The first kappa shape index (κ1) is 14.3. The Morgan fingerprint density at radius 2 is 1.89 bits per heavy atom. The van der Waals surface area contributed by atoms with E-state index >= 15 is 0 Å². The fourth-order valence-corrected chi connectivity index (χ4v) is 3.85. The van der Waals surface area contributed by atoms with Gasteiger partial charge in [0, 0.05) is 25.2 Å². The maximum absolute atomic E-state index is 3.67. The van der Waals surface area contributed by atoms with Crippen LogP contribution < -0.4 is 5.32 Å². The van der Waals surface area contributed by atoms with Gasteiger partial charge in [-0.2, -0.15) is 0 Å². The highest BCUT2D eigenvalue weighted by atomic mass is 15.2. The van der Waals surface area contributed by atoms with Crippen molar-refractivity contribution in [3.05, 3.63) is 0 Å². The lowest BCUT2D eigenvalue weighted by atomic mass is 9.84. The zero-order valence-corrected chi connectivity index (χ0v) is 12.6. The molecule has 0 radical (unpaired) electrons. The van der Waals surface area contributed by atoms with Crippen molar-refractivity contribution in [3.63, 3.8) is 0 Å². The van der Waals surface area contributed by atoms with Crippen LogP contribution in [0.15, 0.2) is 0 Å². The number of rotatable bonds is 5. The molecule has 1 aliphatic heterocycles. The molecule has 3 unspecified atom stereocenters. The average molecular weight is 252 g/mol. The molecule has 1 saturated heterocycles. The molecule has 0 spiro atoms. The van der Waals surface area contributed by atoms with Crippen LogP contribution in [-0.2, 0) is 0 Å². The van der Waals surface area contributed by atoms with Crippen LogP contribution in [0.3, 0.4) is 0 Å². The van der Waals surface area contributed by atoms with E-state index in [1.165, 1.54) is 58.2 Å². The molecule has 106 valence electrons. The van der Waals surface area contributed by atoms with Gasteiger partial charge in [0.25, 0.3) is 0 Å². The van der Waals surface area contributed by atoms with Crippen LogP contribution >= 0.6 is 0 Å². The Balaban J connectivity index is 1.93. The van der Waals surface area contributed by atoms with Crippen molar-refractivity contribution >= 4 is 0 Å². The minimum atomic E-state index is 0.762. The summed E-state index contributed by atoms with van der Waals surface area (Å²) in [6.45, 7) is 11.0. The highest BCUT2D eigenvalue weighted by Gasteiger charge is 2.29. The second-order valence-corrected chi connectivity index (χ2v) is 6.97. The third-order valence-corrected chi connectivity index (χ3v) is 4.75. The minimum absolute atomic E-state index is 0.762. The quantitative estimate of drug-likeness (QED) is 0.808. The molecule has 2 heteroatoms. The van der Waals surface area contributed by atoms with E-state index in [0.29, 0.717) is 0 Å². The average Bonchev–Trinajstić information content (AvgIpc) is 2.81. The van der Waals surface area contributed by atoms with Gasteiger partial charge in [-0.1, -0.05) is 33.6 Å². The van der Waals surface area contributed by atoms with Gasteiger partial charge in [-0.25, -0.2) is 0 Å². The lowest BCUT2D eigenvalue weighted by molar-refractivity contribution is 0.0910. The summed E-state index contributed by atoms with van der Waals surface area (Å²) in [6, 6.07) is 1.61. The van der Waals surface area contributed by atoms with Gasteiger partial charge >= 0.3 is 0 Å². The van der Waals surface area contributed by atoms with Crippen molar-refractivity contribution in [3.8, 4) is 0 Å².